The third kappa shape index (κ3) is 3.31. The molecule has 20 heavy (non-hydrogen) atoms. The molecule has 0 bridgehead atoms. The first kappa shape index (κ1) is 15.7. The van der Waals surface area contributed by atoms with Gasteiger partial charge in [0, 0.05) is 21.4 Å². The minimum atomic E-state index is -0.619. The van der Waals surface area contributed by atoms with Gasteiger partial charge in [0.2, 0.25) is 0 Å². The number of benzene rings is 2. The van der Waals surface area contributed by atoms with Crippen molar-refractivity contribution in [1.29, 1.82) is 0 Å². The molecule has 0 radical (unpaired) electrons. The maximum atomic E-state index is 10.7. The molecule has 0 heterocycles. The van der Waals surface area contributed by atoms with Gasteiger partial charge >= 0.3 is 0 Å². The number of nitrogens with two attached hydrogens (primary N) is 1. The number of aryl methyl sites for hydroxylation is 1. The van der Waals surface area contributed by atoms with Crippen LogP contribution in [0.1, 0.15) is 28.7 Å². The SMILES string of the molecule is Cc1cc(Br)ccc1C(O)C(CN)c1ccccc1Br. The molecule has 2 unspecified atom stereocenters. The summed E-state index contributed by atoms with van der Waals surface area (Å²) in [5.41, 5.74) is 8.90. The quantitative estimate of drug-likeness (QED) is 0.806. The molecule has 2 atom stereocenters. The Hall–Kier alpha value is -0.680. The second-order valence-electron chi connectivity index (χ2n) is 4.81. The van der Waals surface area contributed by atoms with Crippen LogP contribution in [0.15, 0.2) is 51.4 Å². The molecule has 0 fully saturated rings. The molecule has 2 aromatic rings. The normalized spacial score (nSPS) is 14.1. The summed E-state index contributed by atoms with van der Waals surface area (Å²) in [5, 5.41) is 10.7. The van der Waals surface area contributed by atoms with Crippen molar-refractivity contribution >= 4 is 31.9 Å². The van der Waals surface area contributed by atoms with Gasteiger partial charge < -0.3 is 10.8 Å². The Morgan fingerprint density at radius 2 is 1.80 bits per heavy atom. The van der Waals surface area contributed by atoms with Gasteiger partial charge in [0.25, 0.3) is 0 Å². The largest absolute Gasteiger partial charge is 0.388 e. The fourth-order valence-corrected chi connectivity index (χ4v) is 3.44. The van der Waals surface area contributed by atoms with E-state index in [1.54, 1.807) is 0 Å². The highest BCUT2D eigenvalue weighted by Crippen LogP contribution is 2.35. The van der Waals surface area contributed by atoms with Crippen LogP contribution in [0.4, 0.5) is 0 Å². The van der Waals surface area contributed by atoms with Gasteiger partial charge in [-0.3, -0.25) is 0 Å². The molecular formula is C16H17Br2NO. The monoisotopic (exact) mass is 397 g/mol. The van der Waals surface area contributed by atoms with E-state index >= 15 is 0 Å². The van der Waals surface area contributed by atoms with Crippen molar-refractivity contribution < 1.29 is 5.11 Å². The van der Waals surface area contributed by atoms with E-state index in [-0.39, 0.29) is 5.92 Å². The van der Waals surface area contributed by atoms with Crippen LogP contribution in [-0.2, 0) is 0 Å². The average molecular weight is 399 g/mol. The van der Waals surface area contributed by atoms with Gasteiger partial charge in [0.1, 0.15) is 0 Å². The molecule has 0 aliphatic heterocycles. The van der Waals surface area contributed by atoms with Crippen LogP contribution in [0.3, 0.4) is 0 Å². The molecule has 0 spiro atoms. The Bertz CT molecular complexity index is 601. The first-order valence-corrected chi connectivity index (χ1v) is 8.01. The molecule has 0 aliphatic carbocycles. The number of hydrogen-bond acceptors (Lipinski definition) is 2. The van der Waals surface area contributed by atoms with Crippen LogP contribution in [-0.4, -0.2) is 11.7 Å². The lowest BCUT2D eigenvalue weighted by atomic mass is 9.87. The zero-order valence-corrected chi connectivity index (χ0v) is 14.4. The van der Waals surface area contributed by atoms with Crippen LogP contribution in [0.25, 0.3) is 0 Å². The van der Waals surface area contributed by atoms with E-state index in [0.29, 0.717) is 6.54 Å². The fourth-order valence-electron chi connectivity index (χ4n) is 2.39. The molecule has 2 nitrogen and oxygen atoms in total. The van der Waals surface area contributed by atoms with Crippen molar-refractivity contribution in [2.24, 2.45) is 5.73 Å². The number of rotatable bonds is 4. The summed E-state index contributed by atoms with van der Waals surface area (Å²) < 4.78 is 1.99. The standard InChI is InChI=1S/C16H17Br2NO/c1-10-8-11(17)6-7-12(10)16(20)14(9-19)13-4-2-3-5-15(13)18/h2-8,14,16,20H,9,19H2,1H3. The molecule has 0 aliphatic rings. The van der Waals surface area contributed by atoms with Crippen LogP contribution >= 0.6 is 31.9 Å². The summed E-state index contributed by atoms with van der Waals surface area (Å²) in [6, 6.07) is 13.8. The van der Waals surface area contributed by atoms with Crippen molar-refractivity contribution in [2.75, 3.05) is 6.54 Å². The highest BCUT2D eigenvalue weighted by Gasteiger charge is 2.24. The predicted molar refractivity (Wildman–Crippen MR) is 89.8 cm³/mol. The fraction of sp³-hybridized carbons (Fsp3) is 0.250. The molecule has 0 aromatic heterocycles. The first-order valence-electron chi connectivity index (χ1n) is 6.43. The van der Waals surface area contributed by atoms with E-state index in [2.05, 4.69) is 31.9 Å². The average Bonchev–Trinajstić information content (AvgIpc) is 2.41. The summed E-state index contributed by atoms with van der Waals surface area (Å²) in [7, 11) is 0. The summed E-state index contributed by atoms with van der Waals surface area (Å²) in [6.07, 6.45) is -0.619. The minimum absolute atomic E-state index is 0.134. The number of aliphatic hydroxyl groups excluding tert-OH is 1. The number of aliphatic hydroxyl groups is 1. The van der Waals surface area contributed by atoms with Crippen molar-refractivity contribution in [2.45, 2.75) is 18.9 Å². The summed E-state index contributed by atoms with van der Waals surface area (Å²) in [4.78, 5) is 0. The number of halogens is 2. The Kier molecular flexibility index (Phi) is 5.38. The van der Waals surface area contributed by atoms with Gasteiger partial charge in [-0.1, -0.05) is 56.1 Å². The van der Waals surface area contributed by atoms with E-state index in [1.807, 2.05) is 49.4 Å². The molecule has 4 heteroatoms. The highest BCUT2D eigenvalue weighted by atomic mass is 79.9. The smallest absolute Gasteiger partial charge is 0.0873 e. The first-order chi connectivity index (χ1) is 9.54. The van der Waals surface area contributed by atoms with Crippen molar-refractivity contribution in [3.8, 4) is 0 Å². The zero-order chi connectivity index (χ0) is 14.7. The van der Waals surface area contributed by atoms with E-state index in [9.17, 15) is 5.11 Å². The molecule has 2 rings (SSSR count). The maximum absolute atomic E-state index is 10.7. The van der Waals surface area contributed by atoms with Gasteiger partial charge in [-0.25, -0.2) is 0 Å². The van der Waals surface area contributed by atoms with Crippen molar-refractivity contribution in [3.63, 3.8) is 0 Å². The second kappa shape index (κ2) is 6.85. The molecule has 2 aromatic carbocycles. The molecule has 0 saturated heterocycles. The Morgan fingerprint density at radius 1 is 1.10 bits per heavy atom. The predicted octanol–water partition coefficient (Wildman–Crippen LogP) is 4.30. The lowest BCUT2D eigenvalue weighted by Gasteiger charge is -2.24. The van der Waals surface area contributed by atoms with E-state index in [0.717, 1.165) is 25.6 Å². The lowest BCUT2D eigenvalue weighted by molar-refractivity contribution is 0.146. The summed E-state index contributed by atoms with van der Waals surface area (Å²) in [5.74, 6) is -0.134. The van der Waals surface area contributed by atoms with Gasteiger partial charge in [0.15, 0.2) is 0 Å². The molecule has 0 amide bonds. The van der Waals surface area contributed by atoms with Crippen LogP contribution in [0.5, 0.6) is 0 Å². The van der Waals surface area contributed by atoms with Crippen molar-refractivity contribution in [3.05, 3.63) is 68.1 Å². The Labute approximate surface area is 136 Å². The van der Waals surface area contributed by atoms with Crippen LogP contribution < -0.4 is 5.73 Å². The summed E-state index contributed by atoms with van der Waals surface area (Å²) >= 11 is 6.98. The van der Waals surface area contributed by atoms with Crippen molar-refractivity contribution in [1.82, 2.24) is 0 Å². The lowest BCUT2D eigenvalue weighted by Crippen LogP contribution is -2.21. The Balaban J connectivity index is 2.39. The second-order valence-corrected chi connectivity index (χ2v) is 6.58. The van der Waals surface area contributed by atoms with Gasteiger partial charge in [-0.05, 0) is 41.8 Å². The Morgan fingerprint density at radius 3 is 2.40 bits per heavy atom. The topological polar surface area (TPSA) is 46.2 Å². The van der Waals surface area contributed by atoms with Gasteiger partial charge in [-0.15, -0.1) is 0 Å². The van der Waals surface area contributed by atoms with E-state index in [4.69, 9.17) is 5.73 Å². The van der Waals surface area contributed by atoms with E-state index in [1.165, 1.54) is 0 Å². The minimum Gasteiger partial charge on any atom is -0.388 e. The maximum Gasteiger partial charge on any atom is 0.0873 e. The third-order valence-electron chi connectivity index (χ3n) is 3.49. The zero-order valence-electron chi connectivity index (χ0n) is 11.2. The van der Waals surface area contributed by atoms with E-state index < -0.39 is 6.10 Å². The van der Waals surface area contributed by atoms with Gasteiger partial charge in [0.05, 0.1) is 6.10 Å². The van der Waals surface area contributed by atoms with Crippen LogP contribution in [0.2, 0.25) is 0 Å². The molecule has 106 valence electrons. The molecule has 3 N–H and O–H groups in total. The molecular weight excluding hydrogens is 382 g/mol. The third-order valence-corrected chi connectivity index (χ3v) is 4.71. The number of hydrogen-bond donors (Lipinski definition) is 2. The molecule has 0 saturated carbocycles. The summed E-state index contributed by atoms with van der Waals surface area (Å²) in [6.45, 7) is 2.39. The van der Waals surface area contributed by atoms with Gasteiger partial charge in [-0.2, -0.15) is 0 Å². The van der Waals surface area contributed by atoms with Crippen LogP contribution in [0, 0.1) is 6.92 Å². The highest BCUT2D eigenvalue weighted by molar-refractivity contribution is 9.10.